The summed E-state index contributed by atoms with van der Waals surface area (Å²) < 4.78 is 7.77. The van der Waals surface area contributed by atoms with Crippen molar-refractivity contribution in [3.8, 4) is 11.4 Å². The summed E-state index contributed by atoms with van der Waals surface area (Å²) in [4.78, 5) is 6.94. The molecule has 0 radical (unpaired) electrons. The number of hydrogen-bond acceptors (Lipinski definition) is 3. The van der Waals surface area contributed by atoms with E-state index in [-0.39, 0.29) is 12.1 Å². The first-order valence-electron chi connectivity index (χ1n) is 11.9. The highest BCUT2D eigenvalue weighted by Gasteiger charge is 2.42. The van der Waals surface area contributed by atoms with E-state index in [1.54, 1.807) is 7.11 Å². The van der Waals surface area contributed by atoms with Crippen LogP contribution < -0.4 is 15.0 Å². The Morgan fingerprint density at radius 1 is 0.971 bits per heavy atom. The monoisotopic (exact) mass is 482 g/mol. The van der Waals surface area contributed by atoms with Gasteiger partial charge >= 0.3 is 0 Å². The number of methoxy groups -OCH3 is 1. The summed E-state index contributed by atoms with van der Waals surface area (Å²) in [6.07, 6.45) is 2.85. The molecule has 178 valence electrons. The molecule has 1 saturated heterocycles. The minimum atomic E-state index is -0.0752. The van der Waals surface area contributed by atoms with Crippen LogP contribution in [0.1, 0.15) is 47.2 Å². The van der Waals surface area contributed by atoms with E-state index in [1.165, 1.54) is 16.8 Å². The average molecular weight is 483 g/mol. The third-order valence-corrected chi connectivity index (χ3v) is 7.14. The third-order valence-electron chi connectivity index (χ3n) is 6.82. The zero-order valence-electron chi connectivity index (χ0n) is 20.5. The number of hydrogen-bond donors (Lipinski definition) is 1. The van der Waals surface area contributed by atoms with Crippen LogP contribution in [0.5, 0.6) is 5.75 Å². The second-order valence-corrected chi connectivity index (χ2v) is 9.27. The van der Waals surface area contributed by atoms with Gasteiger partial charge in [-0.15, -0.1) is 0 Å². The maximum atomic E-state index is 5.91. The minimum Gasteiger partial charge on any atom is -0.497 e. The number of thiocarbonyl (C=S) groups is 1. The number of nitrogens with one attached hydrogen (secondary N) is 1. The second kappa shape index (κ2) is 9.55. The second-order valence-electron chi connectivity index (χ2n) is 8.88. The van der Waals surface area contributed by atoms with E-state index in [1.807, 2.05) is 30.5 Å². The Morgan fingerprint density at radius 3 is 2.46 bits per heavy atom. The van der Waals surface area contributed by atoms with Crippen LogP contribution >= 0.6 is 12.2 Å². The zero-order chi connectivity index (χ0) is 24.5. The summed E-state index contributed by atoms with van der Waals surface area (Å²) in [6.45, 7) is 6.49. The average Bonchev–Trinajstić information content (AvgIpc) is 3.39. The van der Waals surface area contributed by atoms with E-state index >= 15 is 0 Å². The highest BCUT2D eigenvalue weighted by atomic mass is 32.1. The van der Waals surface area contributed by atoms with E-state index < -0.39 is 0 Å². The topological polar surface area (TPSA) is 42.3 Å². The van der Waals surface area contributed by atoms with E-state index in [2.05, 4.69) is 84.1 Å². The molecule has 5 nitrogen and oxygen atoms in total. The van der Waals surface area contributed by atoms with Crippen molar-refractivity contribution in [1.29, 1.82) is 0 Å². The van der Waals surface area contributed by atoms with Gasteiger partial charge in [-0.1, -0.05) is 31.2 Å². The quantitative estimate of drug-likeness (QED) is 0.330. The lowest BCUT2D eigenvalue weighted by atomic mass is 9.96. The molecule has 1 aliphatic rings. The summed E-state index contributed by atoms with van der Waals surface area (Å²) in [5.41, 5.74) is 7.97. The van der Waals surface area contributed by atoms with Gasteiger partial charge < -0.3 is 19.5 Å². The van der Waals surface area contributed by atoms with Crippen molar-refractivity contribution >= 4 is 23.0 Å². The molecular weight excluding hydrogens is 452 g/mol. The summed E-state index contributed by atoms with van der Waals surface area (Å²) in [5, 5.41) is 4.28. The van der Waals surface area contributed by atoms with Crippen molar-refractivity contribution in [2.45, 2.75) is 39.3 Å². The molecule has 1 aliphatic heterocycles. The van der Waals surface area contributed by atoms with Gasteiger partial charge in [-0.3, -0.25) is 4.98 Å². The maximum absolute atomic E-state index is 5.91. The fourth-order valence-corrected chi connectivity index (χ4v) is 5.42. The zero-order valence-corrected chi connectivity index (χ0v) is 21.3. The van der Waals surface area contributed by atoms with Gasteiger partial charge in [0.25, 0.3) is 0 Å². The van der Waals surface area contributed by atoms with E-state index in [9.17, 15) is 0 Å². The fraction of sp³-hybridized carbons (Fsp3) is 0.241. The van der Waals surface area contributed by atoms with Gasteiger partial charge in [-0.05, 0) is 86.1 Å². The van der Waals surface area contributed by atoms with E-state index in [4.69, 9.17) is 21.9 Å². The van der Waals surface area contributed by atoms with Crippen LogP contribution in [-0.2, 0) is 6.42 Å². The molecule has 2 aromatic heterocycles. The SMILES string of the molecule is CCc1ccc(N2C(=S)N[C@@H](c3ccccn3)[C@@H]2c2cc(C)n(-c3cccc(OC)c3)c2C)cc1. The van der Waals surface area contributed by atoms with Crippen LogP contribution in [0.3, 0.4) is 0 Å². The molecule has 0 bridgehead atoms. The lowest BCUT2D eigenvalue weighted by Crippen LogP contribution is -2.29. The summed E-state index contributed by atoms with van der Waals surface area (Å²) in [5.74, 6) is 0.837. The van der Waals surface area contributed by atoms with Crippen LogP contribution in [0.15, 0.2) is 79.0 Å². The maximum Gasteiger partial charge on any atom is 0.174 e. The van der Waals surface area contributed by atoms with Crippen LogP contribution in [0.4, 0.5) is 5.69 Å². The Bertz CT molecular complexity index is 1350. The number of nitrogens with zero attached hydrogens (tertiary/aromatic N) is 3. The molecule has 0 saturated carbocycles. The summed E-state index contributed by atoms with van der Waals surface area (Å²) in [7, 11) is 1.70. The Labute approximate surface area is 212 Å². The first-order valence-corrected chi connectivity index (χ1v) is 12.4. The Hall–Kier alpha value is -3.64. The normalized spacial score (nSPS) is 17.5. The molecule has 1 fully saturated rings. The molecule has 1 N–H and O–H groups in total. The number of anilines is 1. The molecule has 0 spiro atoms. The molecule has 4 aromatic rings. The van der Waals surface area contributed by atoms with Crippen LogP contribution in [0.2, 0.25) is 0 Å². The van der Waals surface area contributed by atoms with Gasteiger partial charge in [0, 0.05) is 35.0 Å². The summed E-state index contributed by atoms with van der Waals surface area (Å²) in [6, 6.07) is 25.1. The van der Waals surface area contributed by atoms with Gasteiger partial charge in [-0.25, -0.2) is 0 Å². The number of rotatable bonds is 6. The molecule has 6 heteroatoms. The van der Waals surface area contributed by atoms with Crippen molar-refractivity contribution in [3.05, 3.63) is 107 Å². The van der Waals surface area contributed by atoms with Gasteiger partial charge in [-0.2, -0.15) is 0 Å². The van der Waals surface area contributed by atoms with Crippen LogP contribution in [0.25, 0.3) is 5.69 Å². The van der Waals surface area contributed by atoms with Crippen LogP contribution in [0, 0.1) is 13.8 Å². The Balaban J connectivity index is 1.66. The highest BCUT2D eigenvalue weighted by Crippen LogP contribution is 2.43. The lowest BCUT2D eigenvalue weighted by Gasteiger charge is -2.28. The minimum absolute atomic E-state index is 0.0459. The third kappa shape index (κ3) is 4.19. The smallest absolute Gasteiger partial charge is 0.174 e. The summed E-state index contributed by atoms with van der Waals surface area (Å²) >= 11 is 5.91. The first kappa shape index (κ1) is 23.1. The van der Waals surface area contributed by atoms with Gasteiger partial charge in [0.1, 0.15) is 5.75 Å². The number of aromatic nitrogens is 2. The molecule has 0 aliphatic carbocycles. The van der Waals surface area contributed by atoms with Gasteiger partial charge in [0.05, 0.1) is 24.9 Å². The van der Waals surface area contributed by atoms with Gasteiger partial charge in [0.2, 0.25) is 0 Å². The standard InChI is InChI=1S/C29H30N4OS/c1-5-21-12-14-22(15-13-21)33-28(27(31-29(33)35)26-11-6-7-16-30-26)25-17-19(2)32(20(25)3)23-9-8-10-24(18-23)34-4/h6-18,27-28H,5H2,1-4H3,(H,31,35)/t27-,28-/m0/s1. The molecule has 5 rings (SSSR count). The number of aryl methyl sites for hydroxylation is 2. The molecule has 0 unspecified atom stereocenters. The van der Waals surface area contributed by atoms with Crippen molar-refractivity contribution < 1.29 is 4.74 Å². The molecule has 0 amide bonds. The highest BCUT2D eigenvalue weighted by molar-refractivity contribution is 7.80. The van der Waals surface area contributed by atoms with Crippen molar-refractivity contribution in [2.24, 2.45) is 0 Å². The van der Waals surface area contributed by atoms with Crippen molar-refractivity contribution in [3.63, 3.8) is 0 Å². The predicted molar refractivity (Wildman–Crippen MR) is 146 cm³/mol. The number of benzene rings is 2. The molecule has 3 heterocycles. The Morgan fingerprint density at radius 2 is 1.77 bits per heavy atom. The van der Waals surface area contributed by atoms with Crippen molar-refractivity contribution in [2.75, 3.05) is 12.0 Å². The lowest BCUT2D eigenvalue weighted by molar-refractivity contribution is 0.414. The van der Waals surface area contributed by atoms with Crippen LogP contribution in [-0.4, -0.2) is 21.8 Å². The van der Waals surface area contributed by atoms with E-state index in [0.29, 0.717) is 5.11 Å². The van der Waals surface area contributed by atoms with Gasteiger partial charge in [0.15, 0.2) is 5.11 Å². The molecule has 35 heavy (non-hydrogen) atoms. The number of ether oxygens (including phenoxy) is 1. The largest absolute Gasteiger partial charge is 0.497 e. The first-order chi connectivity index (χ1) is 17.0. The molecular formula is C29H30N4OS. The molecule has 2 aromatic carbocycles. The number of pyridine rings is 1. The Kier molecular flexibility index (Phi) is 6.31. The predicted octanol–water partition coefficient (Wildman–Crippen LogP) is 6.24. The molecule has 2 atom stereocenters. The van der Waals surface area contributed by atoms with E-state index in [0.717, 1.165) is 34.9 Å². The van der Waals surface area contributed by atoms with Crippen molar-refractivity contribution in [1.82, 2.24) is 14.9 Å². The fourth-order valence-electron chi connectivity index (χ4n) is 5.08.